The summed E-state index contributed by atoms with van der Waals surface area (Å²) >= 11 is 0. The van der Waals surface area contributed by atoms with Crippen molar-refractivity contribution in [3.05, 3.63) is 59.9 Å². The quantitative estimate of drug-likeness (QED) is 0.756. The van der Waals surface area contributed by atoms with E-state index in [1.807, 2.05) is 0 Å². The third kappa shape index (κ3) is 3.79. The van der Waals surface area contributed by atoms with E-state index in [-0.39, 0.29) is 17.6 Å². The maximum Gasteiger partial charge on any atom is 0.449 e. The molecule has 0 fully saturated rings. The smallest absolute Gasteiger partial charge is 0.449 e. The van der Waals surface area contributed by atoms with Crippen molar-refractivity contribution in [3.63, 3.8) is 0 Å². The Morgan fingerprint density at radius 3 is 2.50 bits per heavy atom. The third-order valence-corrected chi connectivity index (χ3v) is 3.86. The molecule has 8 heteroatoms. The summed E-state index contributed by atoms with van der Waals surface area (Å²) in [5, 5.41) is 2.62. The zero-order chi connectivity index (χ0) is 18.7. The van der Waals surface area contributed by atoms with Crippen LogP contribution < -0.4 is 10.1 Å². The van der Waals surface area contributed by atoms with E-state index in [0.29, 0.717) is 5.75 Å². The highest BCUT2D eigenvalue weighted by atomic mass is 19.4. The Morgan fingerprint density at radius 2 is 1.85 bits per heavy atom. The van der Waals surface area contributed by atoms with Gasteiger partial charge in [-0.05, 0) is 29.8 Å². The molecular weight excluding hydrogens is 347 g/mol. The van der Waals surface area contributed by atoms with E-state index >= 15 is 0 Å². The van der Waals surface area contributed by atoms with Crippen LogP contribution in [0.3, 0.4) is 0 Å². The minimum atomic E-state index is -4.64. The standard InChI is InChI=1S/C18H16F3N3O2/c1-26-13-8-6-12(7-9-13)10-22-16(25)11-24-15-5-3-2-4-14(15)23-17(24)18(19,20)21/h2-9H,10-11H2,1H3,(H,22,25). The summed E-state index contributed by atoms with van der Waals surface area (Å²) in [5.41, 5.74) is 1.27. The molecule has 0 atom stereocenters. The van der Waals surface area contributed by atoms with Crippen molar-refractivity contribution in [3.8, 4) is 5.75 Å². The van der Waals surface area contributed by atoms with E-state index in [9.17, 15) is 18.0 Å². The summed E-state index contributed by atoms with van der Waals surface area (Å²) in [7, 11) is 1.55. The van der Waals surface area contributed by atoms with Gasteiger partial charge in [-0.15, -0.1) is 0 Å². The molecule has 3 rings (SSSR count). The van der Waals surface area contributed by atoms with Gasteiger partial charge in [-0.3, -0.25) is 4.79 Å². The van der Waals surface area contributed by atoms with E-state index in [2.05, 4.69) is 10.3 Å². The Hall–Kier alpha value is -3.03. The van der Waals surface area contributed by atoms with Gasteiger partial charge in [0, 0.05) is 6.54 Å². The number of nitrogens with zero attached hydrogens (tertiary/aromatic N) is 2. The molecule has 0 saturated carbocycles. The Labute approximate surface area is 147 Å². The zero-order valence-electron chi connectivity index (χ0n) is 13.9. The Bertz CT molecular complexity index is 918. The molecule has 0 aliphatic carbocycles. The first-order valence-electron chi connectivity index (χ1n) is 7.80. The molecule has 0 saturated heterocycles. The van der Waals surface area contributed by atoms with Gasteiger partial charge >= 0.3 is 6.18 Å². The lowest BCUT2D eigenvalue weighted by Gasteiger charge is -2.12. The molecule has 0 bridgehead atoms. The molecule has 1 heterocycles. The first kappa shape index (κ1) is 17.8. The molecule has 1 N–H and O–H groups in total. The van der Waals surface area contributed by atoms with E-state index in [1.165, 1.54) is 12.1 Å². The molecule has 5 nitrogen and oxygen atoms in total. The van der Waals surface area contributed by atoms with Crippen molar-refractivity contribution in [2.45, 2.75) is 19.3 Å². The second-order valence-corrected chi connectivity index (χ2v) is 5.63. The van der Waals surface area contributed by atoms with Crippen LogP contribution in [0.5, 0.6) is 5.75 Å². The van der Waals surface area contributed by atoms with Crippen molar-refractivity contribution < 1.29 is 22.7 Å². The zero-order valence-corrected chi connectivity index (χ0v) is 13.9. The molecule has 0 aliphatic rings. The van der Waals surface area contributed by atoms with Crippen LogP contribution in [0.1, 0.15) is 11.4 Å². The second-order valence-electron chi connectivity index (χ2n) is 5.63. The van der Waals surface area contributed by atoms with E-state index < -0.39 is 24.5 Å². The van der Waals surface area contributed by atoms with Crippen molar-refractivity contribution in [1.82, 2.24) is 14.9 Å². The largest absolute Gasteiger partial charge is 0.497 e. The number of amides is 1. The number of aromatic nitrogens is 2. The Morgan fingerprint density at radius 1 is 1.15 bits per heavy atom. The minimum Gasteiger partial charge on any atom is -0.497 e. The van der Waals surface area contributed by atoms with Gasteiger partial charge in [-0.25, -0.2) is 4.98 Å². The molecule has 136 valence electrons. The number of nitrogens with one attached hydrogen (secondary N) is 1. The van der Waals surface area contributed by atoms with Crippen LogP contribution in [0.2, 0.25) is 0 Å². The predicted octanol–water partition coefficient (Wildman–Crippen LogP) is 3.38. The van der Waals surface area contributed by atoms with Crippen LogP contribution in [0.4, 0.5) is 13.2 Å². The molecule has 0 radical (unpaired) electrons. The number of benzene rings is 2. The number of hydrogen-bond donors (Lipinski definition) is 1. The normalized spacial score (nSPS) is 11.5. The van der Waals surface area contributed by atoms with Crippen molar-refractivity contribution >= 4 is 16.9 Å². The van der Waals surface area contributed by atoms with Crippen molar-refractivity contribution in [2.75, 3.05) is 7.11 Å². The summed E-state index contributed by atoms with van der Waals surface area (Å²) < 4.78 is 45.6. The summed E-state index contributed by atoms with van der Waals surface area (Å²) in [5.74, 6) is -0.937. The molecule has 0 unspecified atom stereocenters. The van der Waals surface area contributed by atoms with Crippen LogP contribution in [0, 0.1) is 0 Å². The molecule has 2 aromatic carbocycles. The number of imidazole rings is 1. The number of halogens is 3. The summed E-state index contributed by atoms with van der Waals surface area (Å²) in [4.78, 5) is 15.8. The monoisotopic (exact) mass is 363 g/mol. The number of ether oxygens (including phenoxy) is 1. The van der Waals surface area contributed by atoms with E-state index in [1.54, 1.807) is 43.5 Å². The Kier molecular flexibility index (Phi) is 4.83. The predicted molar refractivity (Wildman–Crippen MR) is 89.6 cm³/mol. The van der Waals surface area contributed by atoms with Crippen LogP contribution >= 0.6 is 0 Å². The average Bonchev–Trinajstić information content (AvgIpc) is 2.99. The molecule has 0 aliphatic heterocycles. The van der Waals surface area contributed by atoms with Gasteiger partial charge in [0.1, 0.15) is 12.3 Å². The third-order valence-electron chi connectivity index (χ3n) is 3.86. The van der Waals surface area contributed by atoms with Gasteiger partial charge in [-0.1, -0.05) is 24.3 Å². The number of alkyl halides is 3. The first-order valence-corrected chi connectivity index (χ1v) is 7.80. The molecular formula is C18H16F3N3O2. The number of carbonyl (C=O) groups excluding carboxylic acids is 1. The number of rotatable bonds is 5. The van der Waals surface area contributed by atoms with Gasteiger partial charge in [0.05, 0.1) is 18.1 Å². The maximum atomic E-state index is 13.2. The fourth-order valence-electron chi connectivity index (χ4n) is 2.60. The SMILES string of the molecule is COc1ccc(CNC(=O)Cn2c(C(F)(F)F)nc3ccccc32)cc1. The van der Waals surface area contributed by atoms with Crippen LogP contribution in [0.15, 0.2) is 48.5 Å². The minimum absolute atomic E-state index is 0.197. The van der Waals surface area contributed by atoms with Gasteiger partial charge < -0.3 is 14.6 Å². The fourth-order valence-corrected chi connectivity index (χ4v) is 2.60. The van der Waals surface area contributed by atoms with Gasteiger partial charge in [0.25, 0.3) is 0 Å². The number of methoxy groups -OCH3 is 1. The van der Waals surface area contributed by atoms with Crippen LogP contribution in [-0.4, -0.2) is 22.6 Å². The fraction of sp³-hybridized carbons (Fsp3) is 0.222. The molecule has 1 aromatic heterocycles. The van der Waals surface area contributed by atoms with E-state index in [4.69, 9.17) is 4.74 Å². The van der Waals surface area contributed by atoms with Crippen LogP contribution in [0.25, 0.3) is 11.0 Å². The lowest BCUT2D eigenvalue weighted by Crippen LogP contribution is -2.29. The highest BCUT2D eigenvalue weighted by Crippen LogP contribution is 2.31. The number of para-hydroxylation sites is 2. The molecule has 26 heavy (non-hydrogen) atoms. The summed E-state index contributed by atoms with van der Waals surface area (Å²) in [6.45, 7) is -0.262. The number of hydrogen-bond acceptors (Lipinski definition) is 3. The maximum absolute atomic E-state index is 13.2. The average molecular weight is 363 g/mol. The number of fused-ring (bicyclic) bond motifs is 1. The molecule has 0 spiro atoms. The summed E-state index contributed by atoms with van der Waals surface area (Å²) in [6.07, 6.45) is -4.64. The van der Waals surface area contributed by atoms with Crippen molar-refractivity contribution in [1.29, 1.82) is 0 Å². The van der Waals surface area contributed by atoms with E-state index in [0.717, 1.165) is 10.1 Å². The topological polar surface area (TPSA) is 56.1 Å². The summed E-state index contributed by atoms with van der Waals surface area (Å²) in [6, 6.07) is 13.2. The van der Waals surface area contributed by atoms with Gasteiger partial charge in [0.15, 0.2) is 0 Å². The second kappa shape index (κ2) is 7.07. The first-order chi connectivity index (χ1) is 12.4. The molecule has 1 amide bonds. The van der Waals surface area contributed by atoms with Crippen LogP contribution in [-0.2, 0) is 24.1 Å². The lowest BCUT2D eigenvalue weighted by atomic mass is 10.2. The lowest BCUT2D eigenvalue weighted by molar-refractivity contribution is -0.147. The van der Waals surface area contributed by atoms with Gasteiger partial charge in [0.2, 0.25) is 11.7 Å². The highest BCUT2D eigenvalue weighted by molar-refractivity contribution is 5.81. The Balaban J connectivity index is 1.76. The molecule has 3 aromatic rings. The van der Waals surface area contributed by atoms with Gasteiger partial charge in [-0.2, -0.15) is 13.2 Å². The van der Waals surface area contributed by atoms with Crippen molar-refractivity contribution in [2.24, 2.45) is 0 Å². The number of carbonyl (C=O) groups is 1. The highest BCUT2D eigenvalue weighted by Gasteiger charge is 2.37.